The molecule has 0 saturated carbocycles. The first kappa shape index (κ1) is 33.6. The summed E-state index contributed by atoms with van der Waals surface area (Å²) in [7, 11) is 0.605. The van der Waals surface area contributed by atoms with Crippen LogP contribution in [0.15, 0.2) is 47.4 Å². The smallest absolute Gasteiger partial charge is 0.119 e. The molecule has 1 unspecified atom stereocenters. The van der Waals surface area contributed by atoms with Gasteiger partial charge in [-0.1, -0.05) is 51.7 Å². The van der Waals surface area contributed by atoms with Crippen LogP contribution in [0, 0.1) is 5.41 Å². The second kappa shape index (κ2) is 14.3. The van der Waals surface area contributed by atoms with Gasteiger partial charge in [-0.25, -0.2) is 0 Å². The minimum Gasteiger partial charge on any atom is -0.764 e. The highest BCUT2D eigenvalue weighted by molar-refractivity contribution is 8.24. The Bertz CT molecular complexity index is 1190. The lowest BCUT2D eigenvalue weighted by molar-refractivity contribution is -0.941. The molecule has 3 saturated heterocycles. The van der Waals surface area contributed by atoms with Gasteiger partial charge in [-0.15, -0.1) is 0 Å². The van der Waals surface area contributed by atoms with Gasteiger partial charge in [-0.05, 0) is 67.1 Å². The molecule has 7 nitrogen and oxygen atoms in total. The van der Waals surface area contributed by atoms with Crippen LogP contribution in [0.5, 0.6) is 5.75 Å². The van der Waals surface area contributed by atoms with Gasteiger partial charge in [0.15, 0.2) is 0 Å². The highest BCUT2D eigenvalue weighted by Crippen LogP contribution is 2.62. The van der Waals surface area contributed by atoms with Crippen molar-refractivity contribution in [1.82, 2.24) is 4.90 Å². The number of fused-ring (bicyclic) bond motifs is 4. The lowest BCUT2D eigenvalue weighted by atomic mass is 9.68. The van der Waals surface area contributed by atoms with E-state index in [0.717, 1.165) is 67.5 Å². The van der Waals surface area contributed by atoms with Crippen molar-refractivity contribution in [3.63, 3.8) is 0 Å². The maximum atomic E-state index is 14.2. The van der Waals surface area contributed by atoms with Crippen LogP contribution in [-0.2, 0) is 0 Å². The predicted octanol–water partition coefficient (Wildman–Crippen LogP) is 6.70. The molecule has 4 aliphatic rings. The molecule has 3 fully saturated rings. The van der Waals surface area contributed by atoms with Gasteiger partial charge in [0.05, 0.1) is 38.9 Å². The van der Waals surface area contributed by atoms with E-state index in [2.05, 4.69) is 30.9 Å². The molecule has 246 valence electrons. The van der Waals surface area contributed by atoms with Crippen LogP contribution in [0.3, 0.4) is 0 Å². The Morgan fingerprint density at radius 3 is 2.18 bits per heavy atom. The number of piperazine rings is 3. The summed E-state index contributed by atoms with van der Waals surface area (Å²) >= 11 is 0. The molecule has 3 atom stereocenters. The summed E-state index contributed by atoms with van der Waals surface area (Å²) in [5.74, 6) is 0.542. The topological polar surface area (TPSA) is 79.2 Å². The average molecular weight is 628 g/mol. The lowest BCUT2D eigenvalue weighted by Crippen LogP contribution is -2.67. The molecule has 2 bridgehead atoms. The van der Waals surface area contributed by atoms with E-state index in [-0.39, 0.29) is 5.75 Å². The number of unbranched alkanes of at least 4 members (excludes halogenated alkanes) is 3. The molecule has 2 N–H and O–H groups in total. The maximum absolute atomic E-state index is 14.2. The Kier molecular flexibility index (Phi) is 10.9. The van der Waals surface area contributed by atoms with E-state index < -0.39 is 28.0 Å². The van der Waals surface area contributed by atoms with Gasteiger partial charge in [0.2, 0.25) is 0 Å². The molecule has 6 rings (SSSR count). The van der Waals surface area contributed by atoms with E-state index in [1.165, 1.54) is 56.7 Å². The normalized spacial score (nSPS) is 30.7. The molecule has 44 heavy (non-hydrogen) atoms. The predicted molar refractivity (Wildman–Crippen MR) is 182 cm³/mol. The quantitative estimate of drug-likeness (QED) is 0.179. The van der Waals surface area contributed by atoms with Crippen molar-refractivity contribution in [3.05, 3.63) is 53.6 Å². The van der Waals surface area contributed by atoms with Crippen molar-refractivity contribution in [1.29, 1.82) is 0 Å². The van der Waals surface area contributed by atoms with E-state index in [1.54, 1.807) is 0 Å². The summed E-state index contributed by atoms with van der Waals surface area (Å²) in [4.78, 5) is 5.09. The van der Waals surface area contributed by atoms with Crippen molar-refractivity contribution in [2.45, 2.75) is 82.1 Å². The molecule has 4 aliphatic heterocycles. The fourth-order valence-electron chi connectivity index (χ4n) is 7.99. The fourth-order valence-corrected chi connectivity index (χ4v) is 10.2. The van der Waals surface area contributed by atoms with Gasteiger partial charge < -0.3 is 38.9 Å². The average Bonchev–Trinajstić information content (AvgIpc) is 3.10. The van der Waals surface area contributed by atoms with Crippen molar-refractivity contribution in [3.8, 4) is 5.75 Å². The van der Waals surface area contributed by atoms with Crippen LogP contribution < -0.4 is 9.64 Å². The highest BCUT2D eigenvalue weighted by Gasteiger charge is 2.47. The molecular formula is C36H57N3O4S. The molecule has 2 aromatic carbocycles. The Labute approximate surface area is 268 Å². The Balaban J connectivity index is 1.36. The second-order valence-corrected chi connectivity index (χ2v) is 16.1. The van der Waals surface area contributed by atoms with Crippen LogP contribution in [0.4, 0.5) is 5.69 Å². The third-order valence-electron chi connectivity index (χ3n) is 10.9. The zero-order chi connectivity index (χ0) is 31.4. The molecule has 2 aromatic rings. The van der Waals surface area contributed by atoms with Gasteiger partial charge in [0.1, 0.15) is 5.75 Å². The lowest BCUT2D eigenvalue weighted by Gasteiger charge is -2.52. The van der Waals surface area contributed by atoms with Crippen molar-refractivity contribution >= 4 is 16.3 Å². The number of hydrogen-bond donors (Lipinski definition) is 2. The van der Waals surface area contributed by atoms with Gasteiger partial charge in [-0.2, -0.15) is 0 Å². The number of ether oxygens (including phenoxy) is 1. The number of nitrogens with zero attached hydrogens (tertiary/aromatic N) is 3. The third kappa shape index (κ3) is 7.26. The molecule has 0 aromatic heterocycles. The van der Waals surface area contributed by atoms with Gasteiger partial charge in [0, 0.05) is 61.4 Å². The number of anilines is 1. The zero-order valence-corrected chi connectivity index (χ0v) is 28.5. The minimum atomic E-state index is -3.36. The summed E-state index contributed by atoms with van der Waals surface area (Å²) in [6, 6.07) is 13.9. The van der Waals surface area contributed by atoms with Crippen LogP contribution in [0.2, 0.25) is 0 Å². The summed E-state index contributed by atoms with van der Waals surface area (Å²) in [6.45, 7) is 13.9. The minimum absolute atomic E-state index is 0.103. The molecular weight excluding hydrogens is 570 g/mol. The number of rotatable bonds is 14. The first-order chi connectivity index (χ1) is 21.1. The molecule has 0 amide bonds. The first-order valence-corrected chi connectivity index (χ1v) is 18.8. The monoisotopic (exact) mass is 627 g/mol. The standard InChI is InChI=1S/C36H57N3O4S/c1-5-7-17-36(18-8-6-2)28-44(41,42)33-16-13-30(37(3)4)27-32(33)34(35(36)40)29-11-14-31(15-12-29)43-26-10-9-22-39-23-19-38(20-24-39)21-25-39/h11-16,27,34-35,40H,5-10,17-26,28H2,1-4H3,(H-,41,42)/t34-,35-/m1/s1. The SMILES string of the molecule is CCCCC1(CCCC)CS([O-])(O)c2ccc(N(C)C)cc2[C@@H](c2ccc(OCCCC[N+]34CCN(CC3)CC4)cc2)[C@H]1O. The van der Waals surface area contributed by atoms with E-state index in [4.69, 9.17) is 4.74 Å². The highest BCUT2D eigenvalue weighted by atomic mass is 32.3. The van der Waals surface area contributed by atoms with Crippen LogP contribution in [-0.4, -0.2) is 102 Å². The van der Waals surface area contributed by atoms with Crippen molar-refractivity contribution < 1.29 is 23.4 Å². The summed E-state index contributed by atoms with van der Waals surface area (Å²) in [5, 5.41) is 12.4. The molecule has 4 heterocycles. The molecule has 0 aliphatic carbocycles. The number of aliphatic hydroxyl groups excluding tert-OH is 1. The Morgan fingerprint density at radius 2 is 1.59 bits per heavy atom. The van der Waals surface area contributed by atoms with E-state index in [1.807, 2.05) is 49.3 Å². The second-order valence-electron chi connectivity index (χ2n) is 14.1. The van der Waals surface area contributed by atoms with Crippen molar-refractivity contribution in [2.24, 2.45) is 5.41 Å². The number of benzene rings is 2. The summed E-state index contributed by atoms with van der Waals surface area (Å²) < 4.78 is 33.3. The fraction of sp³-hybridized carbons (Fsp3) is 0.667. The zero-order valence-electron chi connectivity index (χ0n) is 27.7. The van der Waals surface area contributed by atoms with E-state index >= 15 is 0 Å². The first-order valence-electron chi connectivity index (χ1n) is 17.2. The molecule has 0 spiro atoms. The number of quaternary nitrogens is 1. The maximum Gasteiger partial charge on any atom is 0.119 e. The number of aliphatic hydroxyl groups is 1. The van der Waals surface area contributed by atoms with Crippen LogP contribution in [0.25, 0.3) is 0 Å². The van der Waals surface area contributed by atoms with Gasteiger partial charge >= 0.3 is 0 Å². The third-order valence-corrected chi connectivity index (χ3v) is 12.9. The summed E-state index contributed by atoms with van der Waals surface area (Å²) in [6.07, 6.45) is 6.77. The van der Waals surface area contributed by atoms with Gasteiger partial charge in [0.25, 0.3) is 0 Å². The van der Waals surface area contributed by atoms with Crippen LogP contribution >= 0.6 is 10.6 Å². The Hall–Kier alpha value is -1.81. The van der Waals surface area contributed by atoms with E-state index in [0.29, 0.717) is 11.5 Å². The van der Waals surface area contributed by atoms with Crippen molar-refractivity contribution in [2.75, 3.05) is 77.2 Å². The van der Waals surface area contributed by atoms with Crippen LogP contribution in [0.1, 0.15) is 82.3 Å². The molecule has 0 radical (unpaired) electrons. The largest absolute Gasteiger partial charge is 0.764 e. The summed E-state index contributed by atoms with van der Waals surface area (Å²) in [5.41, 5.74) is 2.06. The van der Waals surface area contributed by atoms with Gasteiger partial charge in [-0.3, -0.25) is 4.90 Å². The Morgan fingerprint density at radius 1 is 0.955 bits per heavy atom. The number of hydrogen-bond acceptors (Lipinski definition) is 6. The van der Waals surface area contributed by atoms with E-state index in [9.17, 15) is 14.2 Å². The molecule has 8 heteroatoms.